The molecule has 28 heavy (non-hydrogen) atoms. The van der Waals surface area contributed by atoms with Crippen molar-refractivity contribution in [3.8, 4) is 11.1 Å². The second-order valence-corrected chi connectivity index (χ2v) is 6.21. The third-order valence-electron chi connectivity index (χ3n) is 4.39. The van der Waals surface area contributed by atoms with Gasteiger partial charge in [-0.3, -0.25) is 14.6 Å². The minimum atomic E-state index is -0.492. The summed E-state index contributed by atoms with van der Waals surface area (Å²) in [6.07, 6.45) is 4.51. The van der Waals surface area contributed by atoms with E-state index in [4.69, 9.17) is 0 Å². The summed E-state index contributed by atoms with van der Waals surface area (Å²) in [4.78, 5) is 32.6. The van der Waals surface area contributed by atoms with E-state index in [9.17, 15) is 14.0 Å². The SMILES string of the molecule is O=C(/C=C/c1ccccn1)c1c(-c2ccc(F)cc2)c2ccccc2[nH]c1=O. The minimum absolute atomic E-state index is 0.0116. The van der Waals surface area contributed by atoms with Crippen molar-refractivity contribution in [3.63, 3.8) is 0 Å². The zero-order valence-electron chi connectivity index (χ0n) is 14.7. The average molecular weight is 370 g/mol. The van der Waals surface area contributed by atoms with Gasteiger partial charge in [-0.15, -0.1) is 0 Å². The number of para-hydroxylation sites is 1. The Bertz CT molecular complexity index is 1240. The first kappa shape index (κ1) is 17.5. The largest absolute Gasteiger partial charge is 0.321 e. The van der Waals surface area contributed by atoms with Gasteiger partial charge < -0.3 is 4.98 Å². The fourth-order valence-corrected chi connectivity index (χ4v) is 3.11. The molecule has 136 valence electrons. The second kappa shape index (κ2) is 7.40. The van der Waals surface area contributed by atoms with Crippen LogP contribution in [0.15, 0.2) is 83.8 Å². The third-order valence-corrected chi connectivity index (χ3v) is 4.39. The van der Waals surface area contributed by atoms with Gasteiger partial charge in [0.2, 0.25) is 0 Å². The maximum atomic E-state index is 13.4. The van der Waals surface area contributed by atoms with Gasteiger partial charge in [0.1, 0.15) is 5.82 Å². The Kier molecular flexibility index (Phi) is 4.64. The molecule has 2 aromatic heterocycles. The first-order valence-electron chi connectivity index (χ1n) is 8.68. The Morgan fingerprint density at radius 3 is 2.46 bits per heavy atom. The van der Waals surface area contributed by atoms with Crippen molar-refractivity contribution in [2.24, 2.45) is 0 Å². The van der Waals surface area contributed by atoms with Gasteiger partial charge in [-0.1, -0.05) is 36.4 Å². The zero-order chi connectivity index (χ0) is 19.5. The van der Waals surface area contributed by atoms with Gasteiger partial charge in [0.25, 0.3) is 5.56 Å². The van der Waals surface area contributed by atoms with Crippen LogP contribution in [-0.4, -0.2) is 15.8 Å². The number of rotatable bonds is 4. The van der Waals surface area contributed by atoms with Crippen LogP contribution in [0.5, 0.6) is 0 Å². The van der Waals surface area contributed by atoms with Gasteiger partial charge >= 0.3 is 0 Å². The van der Waals surface area contributed by atoms with Gasteiger partial charge in [0, 0.05) is 22.7 Å². The number of halogens is 1. The minimum Gasteiger partial charge on any atom is -0.321 e. The van der Waals surface area contributed by atoms with E-state index < -0.39 is 11.3 Å². The fourth-order valence-electron chi connectivity index (χ4n) is 3.11. The number of fused-ring (bicyclic) bond motifs is 1. The van der Waals surface area contributed by atoms with E-state index in [0.29, 0.717) is 27.7 Å². The van der Waals surface area contributed by atoms with Crippen LogP contribution < -0.4 is 5.56 Å². The topological polar surface area (TPSA) is 62.8 Å². The lowest BCUT2D eigenvalue weighted by molar-refractivity contribution is 0.104. The molecule has 4 rings (SSSR count). The Labute approximate surface area is 160 Å². The standard InChI is InChI=1S/C23H15FN2O2/c24-16-10-8-15(9-11-16)21-18-6-1-2-7-19(18)26-23(28)22(21)20(27)13-12-17-5-3-4-14-25-17/h1-14H,(H,26,28)/b13-12+. The predicted molar refractivity (Wildman–Crippen MR) is 108 cm³/mol. The van der Waals surface area contributed by atoms with Crippen molar-refractivity contribution >= 4 is 22.8 Å². The number of hydrogen-bond donors (Lipinski definition) is 1. The zero-order valence-corrected chi connectivity index (χ0v) is 14.7. The predicted octanol–water partition coefficient (Wildman–Crippen LogP) is 4.63. The molecular weight excluding hydrogens is 355 g/mol. The maximum absolute atomic E-state index is 13.4. The highest BCUT2D eigenvalue weighted by Gasteiger charge is 2.19. The molecule has 2 aromatic carbocycles. The molecule has 0 saturated heterocycles. The number of carbonyl (C=O) groups is 1. The monoisotopic (exact) mass is 370 g/mol. The average Bonchev–Trinajstić information content (AvgIpc) is 2.72. The van der Waals surface area contributed by atoms with E-state index in [0.717, 1.165) is 0 Å². The van der Waals surface area contributed by atoms with Crippen LogP contribution in [0.3, 0.4) is 0 Å². The summed E-state index contributed by atoms with van der Waals surface area (Å²) in [5, 5.41) is 0.711. The van der Waals surface area contributed by atoms with Gasteiger partial charge in [-0.05, 0) is 48.0 Å². The number of allylic oxidation sites excluding steroid dienone is 1. The van der Waals surface area contributed by atoms with Crippen molar-refractivity contribution in [2.75, 3.05) is 0 Å². The molecule has 0 fully saturated rings. The number of ketones is 1. The molecule has 0 radical (unpaired) electrons. The number of hydrogen-bond acceptors (Lipinski definition) is 3. The number of pyridine rings is 2. The van der Waals surface area contributed by atoms with Crippen molar-refractivity contribution in [1.82, 2.24) is 9.97 Å². The van der Waals surface area contributed by atoms with Crippen molar-refractivity contribution in [1.29, 1.82) is 0 Å². The third kappa shape index (κ3) is 3.38. The van der Waals surface area contributed by atoms with Gasteiger partial charge in [-0.25, -0.2) is 4.39 Å². The molecule has 0 aliphatic carbocycles. The van der Waals surface area contributed by atoms with Crippen molar-refractivity contribution in [3.05, 3.63) is 106 Å². The Morgan fingerprint density at radius 1 is 0.964 bits per heavy atom. The molecule has 4 nitrogen and oxygen atoms in total. The highest BCUT2D eigenvalue weighted by atomic mass is 19.1. The molecule has 0 spiro atoms. The summed E-state index contributed by atoms with van der Waals surface area (Å²) in [7, 11) is 0. The lowest BCUT2D eigenvalue weighted by Gasteiger charge is -2.11. The van der Waals surface area contributed by atoms with Gasteiger partial charge in [-0.2, -0.15) is 0 Å². The molecule has 2 heterocycles. The van der Waals surface area contributed by atoms with Crippen LogP contribution >= 0.6 is 0 Å². The first-order valence-corrected chi connectivity index (χ1v) is 8.68. The summed E-state index contributed by atoms with van der Waals surface area (Å²) in [6, 6.07) is 18.3. The fraction of sp³-hybridized carbons (Fsp3) is 0. The normalized spacial score (nSPS) is 11.2. The molecule has 0 unspecified atom stereocenters. The highest BCUT2D eigenvalue weighted by Crippen LogP contribution is 2.30. The Morgan fingerprint density at radius 2 is 1.71 bits per heavy atom. The summed E-state index contributed by atoms with van der Waals surface area (Å²) in [5.41, 5.74) is 1.81. The smallest absolute Gasteiger partial charge is 0.260 e. The lowest BCUT2D eigenvalue weighted by atomic mass is 9.94. The number of H-pyrrole nitrogens is 1. The number of aromatic amines is 1. The molecular formula is C23H15FN2O2. The van der Waals surface area contributed by atoms with Crippen LogP contribution in [0.2, 0.25) is 0 Å². The van der Waals surface area contributed by atoms with Crippen LogP contribution in [0.4, 0.5) is 4.39 Å². The maximum Gasteiger partial charge on any atom is 0.260 e. The molecule has 0 aliphatic rings. The van der Waals surface area contributed by atoms with E-state index in [1.54, 1.807) is 48.7 Å². The molecule has 5 heteroatoms. The van der Waals surface area contributed by atoms with E-state index in [-0.39, 0.29) is 11.4 Å². The molecule has 4 aromatic rings. The first-order chi connectivity index (χ1) is 13.6. The molecule has 0 aliphatic heterocycles. The van der Waals surface area contributed by atoms with E-state index in [1.807, 2.05) is 18.2 Å². The summed E-state index contributed by atoms with van der Waals surface area (Å²) < 4.78 is 13.4. The lowest BCUT2D eigenvalue weighted by Crippen LogP contribution is -2.18. The van der Waals surface area contributed by atoms with Crippen LogP contribution in [0, 0.1) is 5.82 Å². The number of carbonyl (C=O) groups excluding carboxylic acids is 1. The summed E-state index contributed by atoms with van der Waals surface area (Å²) >= 11 is 0. The summed E-state index contributed by atoms with van der Waals surface area (Å²) in [6.45, 7) is 0. The van der Waals surface area contributed by atoms with Crippen molar-refractivity contribution < 1.29 is 9.18 Å². The van der Waals surface area contributed by atoms with Gasteiger partial charge in [0.15, 0.2) is 5.78 Å². The molecule has 0 amide bonds. The molecule has 0 saturated carbocycles. The molecule has 1 N–H and O–H groups in total. The van der Waals surface area contributed by atoms with E-state index in [2.05, 4.69) is 9.97 Å². The summed E-state index contributed by atoms with van der Waals surface area (Å²) in [5.74, 6) is -0.835. The van der Waals surface area contributed by atoms with Crippen molar-refractivity contribution in [2.45, 2.75) is 0 Å². The quantitative estimate of drug-likeness (QED) is 0.421. The second-order valence-electron chi connectivity index (χ2n) is 6.21. The van der Waals surface area contributed by atoms with Crippen LogP contribution in [0.25, 0.3) is 28.1 Å². The highest BCUT2D eigenvalue weighted by molar-refractivity contribution is 6.14. The molecule has 0 atom stereocenters. The Hall–Kier alpha value is -3.86. The Balaban J connectivity index is 1.92. The number of benzene rings is 2. The number of aromatic nitrogens is 2. The number of nitrogens with one attached hydrogen (secondary N) is 1. The van der Waals surface area contributed by atoms with E-state index >= 15 is 0 Å². The van der Waals surface area contributed by atoms with Gasteiger partial charge in [0.05, 0.1) is 11.3 Å². The van der Waals surface area contributed by atoms with E-state index in [1.165, 1.54) is 18.2 Å². The molecule has 0 bridgehead atoms. The van der Waals surface area contributed by atoms with Crippen LogP contribution in [-0.2, 0) is 0 Å². The van der Waals surface area contributed by atoms with Crippen LogP contribution in [0.1, 0.15) is 16.1 Å². The number of nitrogens with zero attached hydrogens (tertiary/aromatic N) is 1.